The van der Waals surface area contributed by atoms with Crippen LogP contribution in [0.1, 0.15) is 47.1 Å². The fourth-order valence-electron chi connectivity index (χ4n) is 1.09. The second-order valence-corrected chi connectivity index (χ2v) is 2.59. The highest BCUT2D eigenvalue weighted by Gasteiger charge is 1.91. The van der Waals surface area contributed by atoms with Crippen LogP contribution in [0, 0.1) is 6.92 Å². The molecule has 1 heterocycles. The minimum absolute atomic E-state index is 0.965. The van der Waals surface area contributed by atoms with E-state index in [2.05, 4.69) is 22.3 Å². The van der Waals surface area contributed by atoms with Crippen LogP contribution in [0.15, 0.2) is 30.5 Å². The second-order valence-electron chi connectivity index (χ2n) is 2.59. The average molecular weight is 234 g/mol. The van der Waals surface area contributed by atoms with Gasteiger partial charge in [0, 0.05) is 5.39 Å². The topological polar surface area (TPSA) is 25.8 Å². The third-order valence-electron chi connectivity index (χ3n) is 1.67. The maximum atomic E-state index is 3.99. The number of rotatable bonds is 0. The lowest BCUT2D eigenvalue weighted by molar-refractivity contribution is 1.07. The summed E-state index contributed by atoms with van der Waals surface area (Å²) in [6.07, 6.45) is 1.71. The van der Waals surface area contributed by atoms with E-state index in [9.17, 15) is 0 Å². The van der Waals surface area contributed by atoms with Crippen molar-refractivity contribution in [1.29, 1.82) is 0 Å². The van der Waals surface area contributed by atoms with Gasteiger partial charge in [-0.05, 0) is 24.6 Å². The van der Waals surface area contributed by atoms with E-state index >= 15 is 0 Å². The van der Waals surface area contributed by atoms with Crippen LogP contribution >= 0.6 is 0 Å². The van der Waals surface area contributed by atoms with Gasteiger partial charge in [0.2, 0.25) is 0 Å². The summed E-state index contributed by atoms with van der Waals surface area (Å²) in [4.78, 5) is 0. The molecule has 2 heteroatoms. The van der Waals surface area contributed by atoms with Crippen LogP contribution in [0.3, 0.4) is 0 Å². The molecule has 1 aromatic carbocycles. The van der Waals surface area contributed by atoms with Crippen LogP contribution in [0.4, 0.5) is 0 Å². The van der Waals surface area contributed by atoms with Crippen LogP contribution < -0.4 is 0 Å². The normalized spacial score (nSPS) is 7.71. The second kappa shape index (κ2) is 12.6. The van der Waals surface area contributed by atoms with Crippen molar-refractivity contribution in [2.24, 2.45) is 0 Å². The molecule has 2 nitrogen and oxygen atoms in total. The van der Waals surface area contributed by atoms with Crippen LogP contribution in [-0.2, 0) is 0 Å². The average Bonchev–Trinajstić information content (AvgIpc) is 2.45. The molecule has 0 radical (unpaired) electrons. The lowest BCUT2D eigenvalue weighted by atomic mass is 10.2. The van der Waals surface area contributed by atoms with Crippen molar-refractivity contribution in [2.75, 3.05) is 0 Å². The van der Waals surface area contributed by atoms with Crippen LogP contribution in [-0.4, -0.2) is 10.2 Å². The molecule has 0 aliphatic heterocycles. The molecular formula is C15H26N2. The number of hydrogen-bond donors (Lipinski definition) is 0. The van der Waals surface area contributed by atoms with E-state index < -0.39 is 0 Å². The van der Waals surface area contributed by atoms with E-state index in [1.165, 1.54) is 5.56 Å². The van der Waals surface area contributed by atoms with E-state index in [1.807, 2.05) is 60.6 Å². The molecule has 0 N–H and O–H groups in total. The maximum absolute atomic E-state index is 3.99. The Morgan fingerprint density at radius 1 is 0.824 bits per heavy atom. The highest BCUT2D eigenvalue weighted by atomic mass is 15.1. The van der Waals surface area contributed by atoms with Gasteiger partial charge in [-0.25, -0.2) is 0 Å². The Bertz CT molecular complexity index is 383. The number of fused-ring (bicyclic) bond motifs is 1. The molecule has 17 heavy (non-hydrogen) atoms. The third kappa shape index (κ3) is 6.67. The van der Waals surface area contributed by atoms with Gasteiger partial charge < -0.3 is 0 Å². The van der Waals surface area contributed by atoms with Crippen molar-refractivity contribution in [3.05, 3.63) is 36.0 Å². The van der Waals surface area contributed by atoms with Gasteiger partial charge >= 0.3 is 0 Å². The maximum Gasteiger partial charge on any atom is 0.0932 e. The largest absolute Gasteiger partial charge is 0.159 e. The zero-order valence-corrected chi connectivity index (χ0v) is 12.3. The molecule has 0 bridgehead atoms. The quantitative estimate of drug-likeness (QED) is 0.640. The molecule has 0 atom stereocenters. The summed E-state index contributed by atoms with van der Waals surface area (Å²) in [5, 5.41) is 8.94. The van der Waals surface area contributed by atoms with Gasteiger partial charge in [0.1, 0.15) is 0 Å². The van der Waals surface area contributed by atoms with Crippen LogP contribution in [0.2, 0.25) is 0 Å². The highest BCUT2D eigenvalue weighted by molar-refractivity contribution is 5.78. The molecule has 0 saturated carbocycles. The SMILES string of the molecule is CC.CC.CC.Cc1ccc2ccnnc2c1. The van der Waals surface area contributed by atoms with E-state index in [4.69, 9.17) is 0 Å². The Kier molecular flexibility index (Phi) is 13.3. The van der Waals surface area contributed by atoms with Crippen molar-refractivity contribution in [1.82, 2.24) is 10.2 Å². The lowest BCUT2D eigenvalue weighted by Gasteiger charge is -1.94. The van der Waals surface area contributed by atoms with Crippen molar-refractivity contribution in [3.8, 4) is 0 Å². The summed E-state index contributed by atoms with van der Waals surface area (Å²) in [6.45, 7) is 14.0. The van der Waals surface area contributed by atoms with E-state index in [-0.39, 0.29) is 0 Å². The monoisotopic (exact) mass is 234 g/mol. The van der Waals surface area contributed by atoms with Crippen molar-refractivity contribution < 1.29 is 0 Å². The van der Waals surface area contributed by atoms with Gasteiger partial charge in [-0.3, -0.25) is 0 Å². The molecular weight excluding hydrogens is 208 g/mol. The first kappa shape index (κ1) is 17.9. The molecule has 0 aliphatic rings. The highest BCUT2D eigenvalue weighted by Crippen LogP contribution is 2.10. The lowest BCUT2D eigenvalue weighted by Crippen LogP contribution is -1.82. The molecule has 0 amide bonds. The van der Waals surface area contributed by atoms with E-state index in [0.29, 0.717) is 0 Å². The molecule has 0 unspecified atom stereocenters. The number of aromatic nitrogens is 2. The number of hydrogen-bond acceptors (Lipinski definition) is 2. The first-order valence-electron chi connectivity index (χ1n) is 6.54. The van der Waals surface area contributed by atoms with Gasteiger partial charge in [0.25, 0.3) is 0 Å². The molecule has 0 fully saturated rings. The Labute approximate surface area is 106 Å². The number of nitrogens with zero attached hydrogens (tertiary/aromatic N) is 2. The minimum Gasteiger partial charge on any atom is -0.159 e. The molecule has 0 spiro atoms. The summed E-state index contributed by atoms with van der Waals surface area (Å²) >= 11 is 0. The van der Waals surface area contributed by atoms with Gasteiger partial charge in [0.05, 0.1) is 11.7 Å². The number of benzene rings is 1. The van der Waals surface area contributed by atoms with Crippen molar-refractivity contribution >= 4 is 10.9 Å². The van der Waals surface area contributed by atoms with Gasteiger partial charge in [0.15, 0.2) is 0 Å². The summed E-state index contributed by atoms with van der Waals surface area (Å²) in [5.74, 6) is 0. The molecule has 2 rings (SSSR count). The predicted octanol–water partition coefficient (Wildman–Crippen LogP) is 5.02. The smallest absolute Gasteiger partial charge is 0.0932 e. The summed E-state index contributed by atoms with van der Waals surface area (Å²) < 4.78 is 0. The van der Waals surface area contributed by atoms with Gasteiger partial charge in [-0.2, -0.15) is 10.2 Å². The Balaban J connectivity index is 0. The van der Waals surface area contributed by atoms with Crippen LogP contribution in [0.5, 0.6) is 0 Å². The standard InChI is InChI=1S/C9H8N2.3C2H6/c1-7-2-3-8-4-5-10-11-9(8)6-7;3*1-2/h2-6H,1H3;3*1-2H3. The first-order valence-corrected chi connectivity index (χ1v) is 6.54. The number of aryl methyl sites for hydroxylation is 1. The summed E-state index contributed by atoms with van der Waals surface area (Å²) in [5.41, 5.74) is 2.19. The van der Waals surface area contributed by atoms with Crippen molar-refractivity contribution in [3.63, 3.8) is 0 Å². The van der Waals surface area contributed by atoms with Gasteiger partial charge in [-0.15, -0.1) is 0 Å². The first-order chi connectivity index (χ1) is 8.36. The molecule has 0 saturated heterocycles. The minimum atomic E-state index is 0.965. The molecule has 96 valence electrons. The van der Waals surface area contributed by atoms with Crippen LogP contribution in [0.25, 0.3) is 10.9 Å². The predicted molar refractivity (Wildman–Crippen MR) is 78.3 cm³/mol. The Morgan fingerprint density at radius 2 is 1.41 bits per heavy atom. The van der Waals surface area contributed by atoms with E-state index in [0.717, 1.165) is 10.9 Å². The van der Waals surface area contributed by atoms with Gasteiger partial charge in [-0.1, -0.05) is 53.7 Å². The summed E-state index contributed by atoms with van der Waals surface area (Å²) in [7, 11) is 0. The molecule has 1 aromatic heterocycles. The molecule has 0 aliphatic carbocycles. The van der Waals surface area contributed by atoms with E-state index in [1.54, 1.807) is 6.20 Å². The zero-order valence-electron chi connectivity index (χ0n) is 12.3. The summed E-state index contributed by atoms with van der Waals surface area (Å²) in [6, 6.07) is 8.12. The Hall–Kier alpha value is -1.44. The third-order valence-corrected chi connectivity index (χ3v) is 1.67. The zero-order chi connectivity index (χ0) is 13.7. The fraction of sp³-hybridized carbons (Fsp3) is 0.467. The van der Waals surface area contributed by atoms with Crippen molar-refractivity contribution in [2.45, 2.75) is 48.5 Å². The fourth-order valence-corrected chi connectivity index (χ4v) is 1.09. The molecule has 2 aromatic rings. The Morgan fingerprint density at radius 3 is 2.00 bits per heavy atom.